The number of rotatable bonds is 6. The van der Waals surface area contributed by atoms with Crippen molar-refractivity contribution in [1.29, 1.82) is 0 Å². The molecular formula is C23H24N4O2S. The van der Waals surface area contributed by atoms with Gasteiger partial charge in [0.15, 0.2) is 10.8 Å². The minimum Gasteiger partial charge on any atom is -0.497 e. The average molecular weight is 421 g/mol. The van der Waals surface area contributed by atoms with Gasteiger partial charge >= 0.3 is 0 Å². The van der Waals surface area contributed by atoms with Crippen molar-refractivity contribution < 1.29 is 9.53 Å². The van der Waals surface area contributed by atoms with Crippen molar-refractivity contribution in [2.45, 2.75) is 31.8 Å². The van der Waals surface area contributed by atoms with Gasteiger partial charge in [0.1, 0.15) is 5.75 Å². The van der Waals surface area contributed by atoms with Crippen LogP contribution in [0.1, 0.15) is 30.9 Å². The van der Waals surface area contributed by atoms with E-state index >= 15 is 0 Å². The molecule has 0 spiro atoms. The Labute approximate surface area is 179 Å². The molecule has 30 heavy (non-hydrogen) atoms. The molecule has 0 saturated carbocycles. The molecule has 2 aromatic heterocycles. The number of carbonyl (C=O) groups excluding carboxylic acids is 1. The van der Waals surface area contributed by atoms with Gasteiger partial charge in [0.25, 0.3) is 0 Å². The van der Waals surface area contributed by atoms with Crippen molar-refractivity contribution in [2.75, 3.05) is 18.2 Å². The molecule has 2 heterocycles. The lowest BCUT2D eigenvalue weighted by molar-refractivity contribution is -0.113. The van der Waals surface area contributed by atoms with Crippen LogP contribution in [0.5, 0.6) is 5.75 Å². The number of nitrogens with one attached hydrogen (secondary N) is 1. The summed E-state index contributed by atoms with van der Waals surface area (Å²) in [5, 5.41) is 13.4. The molecule has 154 valence electrons. The number of hydrogen-bond donors (Lipinski definition) is 1. The van der Waals surface area contributed by atoms with Gasteiger partial charge in [-0.05, 0) is 48.2 Å². The first-order valence-corrected chi connectivity index (χ1v) is 10.8. The van der Waals surface area contributed by atoms with E-state index in [1.807, 2.05) is 52.9 Å². The van der Waals surface area contributed by atoms with Crippen LogP contribution in [0.4, 0.5) is 5.69 Å². The Morgan fingerprint density at radius 3 is 2.73 bits per heavy atom. The van der Waals surface area contributed by atoms with Gasteiger partial charge in [0.2, 0.25) is 5.91 Å². The maximum Gasteiger partial charge on any atom is 0.234 e. The summed E-state index contributed by atoms with van der Waals surface area (Å²) >= 11 is 1.37. The Hall–Kier alpha value is -3.06. The van der Waals surface area contributed by atoms with Crippen molar-refractivity contribution in [3.8, 4) is 5.75 Å². The smallest absolute Gasteiger partial charge is 0.234 e. The predicted octanol–water partition coefficient (Wildman–Crippen LogP) is 5.05. The standard InChI is InChI=1S/C23H24N4O2S/c1-14(2)17-7-5-6-8-19(17)24-22(28)13-30-23-26-25-21-11-15(3)18-10-9-16(29-4)12-20(18)27(21)23/h5-12,14H,13H2,1-4H3,(H,24,28). The van der Waals surface area contributed by atoms with E-state index in [1.165, 1.54) is 11.8 Å². The summed E-state index contributed by atoms with van der Waals surface area (Å²) in [6.07, 6.45) is 0. The molecule has 0 unspecified atom stereocenters. The third kappa shape index (κ3) is 3.85. The number of thioether (sulfide) groups is 1. The average Bonchev–Trinajstić information content (AvgIpc) is 3.15. The molecule has 0 aliphatic rings. The second-order valence-corrected chi connectivity index (χ2v) is 8.41. The maximum atomic E-state index is 12.6. The fourth-order valence-corrected chi connectivity index (χ4v) is 4.31. The second kappa shape index (κ2) is 8.36. The third-order valence-electron chi connectivity index (χ3n) is 5.06. The molecule has 6 nitrogen and oxygen atoms in total. The summed E-state index contributed by atoms with van der Waals surface area (Å²) in [6, 6.07) is 15.9. The Balaban J connectivity index is 1.60. The van der Waals surface area contributed by atoms with Gasteiger partial charge in [-0.2, -0.15) is 0 Å². The molecule has 0 bridgehead atoms. The van der Waals surface area contributed by atoms with Crippen LogP contribution in [0.3, 0.4) is 0 Å². The first-order valence-electron chi connectivity index (χ1n) is 9.82. The SMILES string of the molecule is COc1ccc2c(C)cc3nnc(SCC(=O)Nc4ccccc4C(C)C)n3c2c1. The fraction of sp³-hybridized carbons (Fsp3) is 0.261. The number of pyridine rings is 1. The van der Waals surface area contributed by atoms with Crippen LogP contribution in [0.15, 0.2) is 53.7 Å². The molecule has 0 saturated heterocycles. The van der Waals surface area contributed by atoms with E-state index < -0.39 is 0 Å². The summed E-state index contributed by atoms with van der Waals surface area (Å²) in [7, 11) is 1.65. The number of anilines is 1. The van der Waals surface area contributed by atoms with Crippen LogP contribution in [-0.2, 0) is 4.79 Å². The zero-order valence-electron chi connectivity index (χ0n) is 17.5. The van der Waals surface area contributed by atoms with E-state index in [1.54, 1.807) is 7.11 Å². The summed E-state index contributed by atoms with van der Waals surface area (Å²) in [4.78, 5) is 12.6. The van der Waals surface area contributed by atoms with E-state index in [4.69, 9.17) is 4.74 Å². The summed E-state index contributed by atoms with van der Waals surface area (Å²) in [6.45, 7) is 6.28. The van der Waals surface area contributed by atoms with E-state index in [9.17, 15) is 4.79 Å². The van der Waals surface area contributed by atoms with Crippen molar-refractivity contribution in [3.63, 3.8) is 0 Å². The van der Waals surface area contributed by atoms with Crippen LogP contribution in [-0.4, -0.2) is 33.4 Å². The first-order chi connectivity index (χ1) is 14.5. The number of aromatic nitrogens is 3. The van der Waals surface area contributed by atoms with Gasteiger partial charge < -0.3 is 10.1 Å². The molecule has 0 aliphatic carbocycles. The number of aryl methyl sites for hydroxylation is 1. The zero-order valence-corrected chi connectivity index (χ0v) is 18.3. The maximum absolute atomic E-state index is 12.6. The second-order valence-electron chi connectivity index (χ2n) is 7.47. The predicted molar refractivity (Wildman–Crippen MR) is 122 cm³/mol. The molecule has 0 radical (unpaired) electrons. The highest BCUT2D eigenvalue weighted by Crippen LogP contribution is 2.29. The number of methoxy groups -OCH3 is 1. The minimum atomic E-state index is -0.0705. The van der Waals surface area contributed by atoms with Crippen LogP contribution in [0.25, 0.3) is 16.6 Å². The number of amides is 1. The van der Waals surface area contributed by atoms with Crippen molar-refractivity contribution in [2.24, 2.45) is 0 Å². The van der Waals surface area contributed by atoms with E-state index in [2.05, 4.69) is 36.3 Å². The van der Waals surface area contributed by atoms with Gasteiger partial charge in [-0.25, -0.2) is 0 Å². The highest BCUT2D eigenvalue weighted by Gasteiger charge is 2.15. The number of benzene rings is 2. The van der Waals surface area contributed by atoms with E-state index in [0.29, 0.717) is 11.1 Å². The molecule has 1 amide bonds. The van der Waals surface area contributed by atoms with E-state index in [0.717, 1.165) is 39.1 Å². The number of para-hydroxylation sites is 1. The fourth-order valence-electron chi connectivity index (χ4n) is 3.55. The molecule has 0 atom stereocenters. The van der Waals surface area contributed by atoms with Gasteiger partial charge in [-0.15, -0.1) is 10.2 Å². The monoisotopic (exact) mass is 420 g/mol. The number of nitrogens with zero attached hydrogens (tertiary/aromatic N) is 3. The quantitative estimate of drug-likeness (QED) is 0.442. The van der Waals surface area contributed by atoms with Crippen LogP contribution in [0, 0.1) is 6.92 Å². The number of carbonyl (C=O) groups is 1. The largest absolute Gasteiger partial charge is 0.497 e. The van der Waals surface area contributed by atoms with Crippen LogP contribution >= 0.6 is 11.8 Å². The summed E-state index contributed by atoms with van der Waals surface area (Å²) < 4.78 is 7.37. The highest BCUT2D eigenvalue weighted by molar-refractivity contribution is 7.99. The lowest BCUT2D eigenvalue weighted by Crippen LogP contribution is -2.15. The molecule has 0 aliphatic heterocycles. The normalized spacial score (nSPS) is 11.4. The Kier molecular flexibility index (Phi) is 5.63. The van der Waals surface area contributed by atoms with Crippen molar-refractivity contribution in [3.05, 3.63) is 59.7 Å². The summed E-state index contributed by atoms with van der Waals surface area (Å²) in [5.41, 5.74) is 4.81. The molecule has 4 rings (SSSR count). The lowest BCUT2D eigenvalue weighted by atomic mass is 10.0. The third-order valence-corrected chi connectivity index (χ3v) is 5.99. The molecule has 1 N–H and O–H groups in total. The molecule has 7 heteroatoms. The minimum absolute atomic E-state index is 0.0705. The van der Waals surface area contributed by atoms with Gasteiger partial charge in [0, 0.05) is 17.1 Å². The molecule has 4 aromatic rings. The summed E-state index contributed by atoms with van der Waals surface area (Å²) in [5.74, 6) is 1.27. The molecule has 2 aromatic carbocycles. The topological polar surface area (TPSA) is 68.5 Å². The zero-order chi connectivity index (χ0) is 21.3. The lowest BCUT2D eigenvalue weighted by Gasteiger charge is -2.13. The van der Waals surface area contributed by atoms with Crippen molar-refractivity contribution >= 4 is 39.9 Å². The van der Waals surface area contributed by atoms with Crippen LogP contribution < -0.4 is 10.1 Å². The highest BCUT2D eigenvalue weighted by atomic mass is 32.2. The number of hydrogen-bond acceptors (Lipinski definition) is 5. The van der Waals surface area contributed by atoms with Gasteiger partial charge in [-0.1, -0.05) is 43.8 Å². The van der Waals surface area contributed by atoms with Gasteiger partial charge in [0.05, 0.1) is 18.4 Å². The van der Waals surface area contributed by atoms with Crippen LogP contribution in [0.2, 0.25) is 0 Å². The number of ether oxygens (including phenoxy) is 1. The van der Waals surface area contributed by atoms with E-state index in [-0.39, 0.29) is 11.7 Å². The molecule has 0 fully saturated rings. The van der Waals surface area contributed by atoms with Gasteiger partial charge in [-0.3, -0.25) is 9.20 Å². The van der Waals surface area contributed by atoms with Crippen molar-refractivity contribution in [1.82, 2.24) is 14.6 Å². The Bertz CT molecular complexity index is 1230. The molecular weight excluding hydrogens is 396 g/mol. The number of fused-ring (bicyclic) bond motifs is 3. The Morgan fingerprint density at radius 2 is 1.97 bits per heavy atom. The Morgan fingerprint density at radius 1 is 1.17 bits per heavy atom. The first kappa shape index (κ1) is 20.2.